The molecule has 0 aliphatic rings. The Kier molecular flexibility index (Phi) is 4.66. The van der Waals surface area contributed by atoms with Gasteiger partial charge in [0.2, 0.25) is 0 Å². The zero-order valence-corrected chi connectivity index (χ0v) is 11.6. The first-order valence-electron chi connectivity index (χ1n) is 6.43. The number of phenolic OH excluding ortho intramolecular Hbond substituents is 2. The number of hydrogen-bond donors (Lipinski definition) is 2. The summed E-state index contributed by atoms with van der Waals surface area (Å²) in [5, 5.41) is 18.6. The Bertz CT molecular complexity index is 599. The lowest BCUT2D eigenvalue weighted by Gasteiger charge is -2.06. The molecule has 110 valence electrons. The minimum absolute atomic E-state index is 0.118. The van der Waals surface area contributed by atoms with Crippen molar-refractivity contribution in [2.24, 2.45) is 0 Å². The molecule has 2 aromatic rings. The van der Waals surface area contributed by atoms with Crippen LogP contribution in [0.1, 0.15) is 12.0 Å². The van der Waals surface area contributed by atoms with E-state index < -0.39 is 5.97 Å². The molecule has 0 fully saturated rings. The molecule has 0 aromatic heterocycles. The number of benzene rings is 2. The molecule has 0 bridgehead atoms. The van der Waals surface area contributed by atoms with Gasteiger partial charge in [0, 0.05) is 24.6 Å². The van der Waals surface area contributed by atoms with Crippen LogP contribution in [0.25, 0.3) is 0 Å². The lowest BCUT2D eigenvalue weighted by Crippen LogP contribution is -2.08. The molecule has 0 saturated carbocycles. The van der Waals surface area contributed by atoms with Gasteiger partial charge in [-0.05, 0) is 24.1 Å². The summed E-state index contributed by atoms with van der Waals surface area (Å²) in [5.74, 6) is 0.125. The van der Waals surface area contributed by atoms with Crippen molar-refractivity contribution in [3.05, 3.63) is 48.0 Å². The summed E-state index contributed by atoms with van der Waals surface area (Å²) < 4.78 is 10.1. The van der Waals surface area contributed by atoms with Crippen molar-refractivity contribution < 1.29 is 24.5 Å². The third kappa shape index (κ3) is 4.42. The van der Waals surface area contributed by atoms with E-state index >= 15 is 0 Å². The second kappa shape index (κ2) is 6.65. The quantitative estimate of drug-likeness (QED) is 0.653. The molecule has 0 amide bonds. The molecule has 0 atom stereocenters. The Morgan fingerprint density at radius 2 is 1.62 bits per heavy atom. The minimum Gasteiger partial charge on any atom is -0.508 e. The van der Waals surface area contributed by atoms with E-state index in [-0.39, 0.29) is 23.7 Å². The van der Waals surface area contributed by atoms with Crippen molar-refractivity contribution in [2.75, 3.05) is 7.11 Å². The second-order valence-electron chi connectivity index (χ2n) is 4.51. The zero-order chi connectivity index (χ0) is 15.2. The number of hydrogen-bond acceptors (Lipinski definition) is 5. The Morgan fingerprint density at radius 1 is 1.00 bits per heavy atom. The SMILES string of the molecule is COc1ccc(CCC(=O)Oc2cc(O)cc(O)c2)cc1. The standard InChI is InChI=1S/C16H16O5/c1-20-14-5-2-11(3-6-14)4-7-16(19)21-15-9-12(17)8-13(18)10-15/h2-3,5-6,8-10,17-18H,4,7H2,1H3. The van der Waals surface area contributed by atoms with Crippen molar-refractivity contribution in [2.45, 2.75) is 12.8 Å². The fourth-order valence-electron chi connectivity index (χ4n) is 1.85. The monoisotopic (exact) mass is 288 g/mol. The van der Waals surface area contributed by atoms with Crippen LogP contribution in [0.3, 0.4) is 0 Å². The molecule has 0 aliphatic heterocycles. The Morgan fingerprint density at radius 3 is 2.19 bits per heavy atom. The fourth-order valence-corrected chi connectivity index (χ4v) is 1.85. The van der Waals surface area contributed by atoms with Gasteiger partial charge in [-0.3, -0.25) is 4.79 Å². The summed E-state index contributed by atoms with van der Waals surface area (Å²) >= 11 is 0. The summed E-state index contributed by atoms with van der Waals surface area (Å²) in [6.45, 7) is 0. The average molecular weight is 288 g/mol. The highest BCUT2D eigenvalue weighted by Gasteiger charge is 2.08. The van der Waals surface area contributed by atoms with Crippen LogP contribution in [-0.2, 0) is 11.2 Å². The van der Waals surface area contributed by atoms with Crippen LogP contribution in [0, 0.1) is 0 Å². The van der Waals surface area contributed by atoms with E-state index in [0.717, 1.165) is 17.4 Å². The molecular weight excluding hydrogens is 272 g/mol. The Balaban J connectivity index is 1.89. The number of rotatable bonds is 5. The molecular formula is C16H16O5. The van der Waals surface area contributed by atoms with Crippen molar-refractivity contribution in [3.8, 4) is 23.0 Å². The maximum atomic E-state index is 11.7. The number of carbonyl (C=O) groups is 1. The van der Waals surface area contributed by atoms with E-state index in [2.05, 4.69) is 0 Å². The second-order valence-corrected chi connectivity index (χ2v) is 4.51. The summed E-state index contributed by atoms with van der Waals surface area (Å²) in [7, 11) is 1.59. The Hall–Kier alpha value is -2.69. The van der Waals surface area contributed by atoms with Gasteiger partial charge in [0.1, 0.15) is 23.0 Å². The number of ether oxygens (including phenoxy) is 2. The van der Waals surface area contributed by atoms with Crippen molar-refractivity contribution >= 4 is 5.97 Å². The van der Waals surface area contributed by atoms with Crippen molar-refractivity contribution in [1.29, 1.82) is 0 Å². The first-order valence-corrected chi connectivity index (χ1v) is 6.43. The van der Waals surface area contributed by atoms with E-state index in [1.807, 2.05) is 24.3 Å². The number of methoxy groups -OCH3 is 1. The third-order valence-electron chi connectivity index (χ3n) is 2.88. The maximum Gasteiger partial charge on any atom is 0.311 e. The molecule has 0 saturated heterocycles. The van der Waals surface area contributed by atoms with Crippen LogP contribution in [0.4, 0.5) is 0 Å². The van der Waals surface area contributed by atoms with Gasteiger partial charge in [-0.25, -0.2) is 0 Å². The van der Waals surface area contributed by atoms with Gasteiger partial charge in [0.15, 0.2) is 0 Å². The molecule has 21 heavy (non-hydrogen) atoms. The summed E-state index contributed by atoms with van der Waals surface area (Å²) in [4.78, 5) is 11.7. The van der Waals surface area contributed by atoms with Crippen LogP contribution in [0.15, 0.2) is 42.5 Å². The van der Waals surface area contributed by atoms with E-state index in [4.69, 9.17) is 9.47 Å². The highest BCUT2D eigenvalue weighted by atomic mass is 16.5. The highest BCUT2D eigenvalue weighted by Crippen LogP contribution is 2.26. The van der Waals surface area contributed by atoms with Crippen LogP contribution >= 0.6 is 0 Å². The van der Waals surface area contributed by atoms with Gasteiger partial charge in [0.05, 0.1) is 7.11 Å². The molecule has 2 aromatic carbocycles. The lowest BCUT2D eigenvalue weighted by atomic mass is 10.1. The average Bonchev–Trinajstić information content (AvgIpc) is 2.44. The zero-order valence-electron chi connectivity index (χ0n) is 11.6. The molecule has 0 radical (unpaired) electrons. The van der Waals surface area contributed by atoms with Crippen LogP contribution in [-0.4, -0.2) is 23.3 Å². The molecule has 5 nitrogen and oxygen atoms in total. The predicted molar refractivity (Wildman–Crippen MR) is 76.7 cm³/mol. The van der Waals surface area contributed by atoms with Crippen LogP contribution < -0.4 is 9.47 Å². The van der Waals surface area contributed by atoms with E-state index in [1.54, 1.807) is 7.11 Å². The van der Waals surface area contributed by atoms with E-state index in [1.165, 1.54) is 12.1 Å². The number of carbonyl (C=O) groups excluding carboxylic acids is 1. The van der Waals surface area contributed by atoms with Crippen molar-refractivity contribution in [3.63, 3.8) is 0 Å². The summed E-state index contributed by atoms with van der Waals surface area (Å²) in [6, 6.07) is 11.1. The van der Waals surface area contributed by atoms with Gasteiger partial charge in [-0.2, -0.15) is 0 Å². The molecule has 0 spiro atoms. The maximum absolute atomic E-state index is 11.7. The van der Waals surface area contributed by atoms with Gasteiger partial charge < -0.3 is 19.7 Å². The van der Waals surface area contributed by atoms with Crippen molar-refractivity contribution in [1.82, 2.24) is 0 Å². The van der Waals surface area contributed by atoms with E-state index in [9.17, 15) is 15.0 Å². The predicted octanol–water partition coefficient (Wildman–Crippen LogP) is 2.64. The third-order valence-corrected chi connectivity index (χ3v) is 2.88. The van der Waals surface area contributed by atoms with Crippen LogP contribution in [0.5, 0.6) is 23.0 Å². The number of phenols is 2. The summed E-state index contributed by atoms with van der Waals surface area (Å²) in [5.41, 5.74) is 0.992. The molecule has 2 N–H and O–H groups in total. The molecule has 5 heteroatoms. The minimum atomic E-state index is -0.434. The molecule has 2 rings (SSSR count). The molecule has 0 unspecified atom stereocenters. The smallest absolute Gasteiger partial charge is 0.311 e. The highest BCUT2D eigenvalue weighted by molar-refractivity contribution is 5.73. The largest absolute Gasteiger partial charge is 0.508 e. The first-order chi connectivity index (χ1) is 10.1. The first kappa shape index (κ1) is 14.7. The number of aryl methyl sites for hydroxylation is 1. The normalized spacial score (nSPS) is 10.1. The van der Waals surface area contributed by atoms with E-state index in [0.29, 0.717) is 6.42 Å². The van der Waals surface area contributed by atoms with Gasteiger partial charge in [-0.15, -0.1) is 0 Å². The van der Waals surface area contributed by atoms with Gasteiger partial charge in [0.25, 0.3) is 0 Å². The fraction of sp³-hybridized carbons (Fsp3) is 0.188. The summed E-state index contributed by atoms with van der Waals surface area (Å²) in [6.07, 6.45) is 0.733. The lowest BCUT2D eigenvalue weighted by molar-refractivity contribution is -0.134. The molecule has 0 heterocycles. The van der Waals surface area contributed by atoms with Crippen LogP contribution in [0.2, 0.25) is 0 Å². The number of esters is 1. The van der Waals surface area contributed by atoms with Gasteiger partial charge in [-0.1, -0.05) is 12.1 Å². The number of aromatic hydroxyl groups is 2. The van der Waals surface area contributed by atoms with Gasteiger partial charge >= 0.3 is 5.97 Å². The Labute approximate surface area is 122 Å². The molecule has 0 aliphatic carbocycles. The topological polar surface area (TPSA) is 76.0 Å².